The van der Waals surface area contributed by atoms with Gasteiger partial charge >= 0.3 is 6.03 Å². The Kier molecular flexibility index (Phi) is 5.85. The number of aliphatic imine (C=N–C) groups is 1. The second-order valence-corrected chi connectivity index (χ2v) is 5.96. The first kappa shape index (κ1) is 17.9. The number of imide groups is 1. The lowest BCUT2D eigenvalue weighted by atomic mass is 9.97. The van der Waals surface area contributed by atoms with Crippen LogP contribution in [0.25, 0.3) is 0 Å². The van der Waals surface area contributed by atoms with Crippen molar-refractivity contribution in [2.24, 2.45) is 10.9 Å². The smallest absolute Gasteiger partial charge is 0.349 e. The maximum Gasteiger partial charge on any atom is 0.349 e. The zero-order chi connectivity index (χ0) is 17.7. The van der Waals surface area contributed by atoms with Gasteiger partial charge in [-0.3, -0.25) is 14.5 Å². The number of nitrogens with one attached hydrogen (secondary N) is 1. The molecule has 0 saturated heterocycles. The molecule has 0 saturated carbocycles. The van der Waals surface area contributed by atoms with Crippen LogP contribution in [0.5, 0.6) is 0 Å². The molecule has 9 nitrogen and oxygen atoms in total. The van der Waals surface area contributed by atoms with E-state index < -0.39 is 11.9 Å². The van der Waals surface area contributed by atoms with Crippen molar-refractivity contribution in [2.75, 3.05) is 19.3 Å². The molecule has 0 aliphatic carbocycles. The van der Waals surface area contributed by atoms with Gasteiger partial charge in [0, 0.05) is 25.7 Å². The van der Waals surface area contributed by atoms with Crippen molar-refractivity contribution in [2.45, 2.75) is 18.6 Å². The zero-order valence-corrected chi connectivity index (χ0v) is 14.1. The number of hydrogen-bond acceptors (Lipinski definition) is 7. The highest BCUT2D eigenvalue weighted by atomic mass is 32.2. The molecule has 2 rings (SSSR count). The summed E-state index contributed by atoms with van der Waals surface area (Å²) in [6, 6.07) is -0.582. The molecule has 1 aliphatic heterocycles. The van der Waals surface area contributed by atoms with E-state index in [0.717, 1.165) is 16.7 Å². The van der Waals surface area contributed by atoms with Crippen molar-refractivity contribution < 1.29 is 18.8 Å². The summed E-state index contributed by atoms with van der Waals surface area (Å²) >= 11 is 1.10. The summed E-state index contributed by atoms with van der Waals surface area (Å²) in [5, 5.41) is 10.6. The van der Waals surface area contributed by atoms with Gasteiger partial charge in [0.1, 0.15) is 0 Å². The molecule has 1 N–H and O–H groups in total. The third-order valence-corrected chi connectivity index (χ3v) is 4.11. The van der Waals surface area contributed by atoms with E-state index in [1.54, 1.807) is 13.0 Å². The van der Waals surface area contributed by atoms with Crippen LogP contribution in [0.1, 0.15) is 12.8 Å². The Balaban J connectivity index is 1.95. The van der Waals surface area contributed by atoms with Crippen LogP contribution in [0.15, 0.2) is 27.3 Å². The summed E-state index contributed by atoms with van der Waals surface area (Å²) in [7, 11) is 1.38. The minimum absolute atomic E-state index is 0.134. The Morgan fingerprint density at radius 2 is 2.21 bits per heavy atom. The van der Waals surface area contributed by atoms with Gasteiger partial charge in [0.15, 0.2) is 0 Å². The van der Waals surface area contributed by atoms with E-state index in [1.165, 1.54) is 7.05 Å². The quantitative estimate of drug-likeness (QED) is 0.567. The first-order valence-electron chi connectivity index (χ1n) is 7.12. The molecule has 0 bridgehead atoms. The van der Waals surface area contributed by atoms with E-state index in [1.807, 2.05) is 0 Å². The molecule has 1 aromatic rings. The second kappa shape index (κ2) is 7.86. The predicted molar refractivity (Wildman–Crippen MR) is 86.7 cm³/mol. The fourth-order valence-electron chi connectivity index (χ4n) is 1.96. The van der Waals surface area contributed by atoms with E-state index >= 15 is 0 Å². The number of hydrogen-bond donors (Lipinski definition) is 1. The van der Waals surface area contributed by atoms with Crippen LogP contribution >= 0.6 is 11.8 Å². The first-order valence-corrected chi connectivity index (χ1v) is 8.10. The Labute approximate surface area is 142 Å². The molecular formula is C14H17N5O4S. The molecule has 0 aromatic carbocycles. The van der Waals surface area contributed by atoms with Crippen LogP contribution < -0.4 is 5.32 Å². The molecular weight excluding hydrogens is 334 g/mol. The highest BCUT2D eigenvalue weighted by molar-refractivity contribution is 7.99. The van der Waals surface area contributed by atoms with E-state index in [0.29, 0.717) is 12.3 Å². The normalized spacial score (nSPS) is 17.7. The Morgan fingerprint density at radius 3 is 2.92 bits per heavy atom. The minimum atomic E-state index is -0.609. The third-order valence-electron chi connectivity index (χ3n) is 3.29. The van der Waals surface area contributed by atoms with Crippen LogP contribution in [0, 0.1) is 5.92 Å². The summed E-state index contributed by atoms with van der Waals surface area (Å²) in [5.74, 6) is -0.759. The molecule has 10 heteroatoms. The highest BCUT2D eigenvalue weighted by Gasteiger charge is 2.34. The molecule has 1 atom stereocenters. The van der Waals surface area contributed by atoms with Gasteiger partial charge in [0.25, 0.3) is 5.22 Å². The van der Waals surface area contributed by atoms with E-state index in [9.17, 15) is 14.4 Å². The van der Waals surface area contributed by atoms with Gasteiger partial charge in [-0.15, -0.1) is 16.8 Å². The number of rotatable bonds is 7. The standard InChI is InChI=1S/C14H17N5O4S/c1-4-5-15-10(20)7-24-14-18-17-11(23-14)6-9-8(2)16-13(22)19(3)12(9)21/h4,9H,1,5-7H2,2-3H3,(H,15,20). The van der Waals surface area contributed by atoms with Crippen LogP contribution in [0.4, 0.5) is 4.79 Å². The van der Waals surface area contributed by atoms with Crippen LogP contribution in [0.3, 0.4) is 0 Å². The molecule has 1 unspecified atom stereocenters. The van der Waals surface area contributed by atoms with E-state index in [2.05, 4.69) is 27.1 Å². The number of urea groups is 1. The summed E-state index contributed by atoms with van der Waals surface area (Å²) in [4.78, 5) is 39.9. The van der Waals surface area contributed by atoms with E-state index in [4.69, 9.17) is 4.42 Å². The van der Waals surface area contributed by atoms with Gasteiger partial charge in [0.2, 0.25) is 17.7 Å². The maximum atomic E-state index is 12.1. The Hall–Kier alpha value is -2.49. The minimum Gasteiger partial charge on any atom is -0.416 e. The van der Waals surface area contributed by atoms with Crippen LogP contribution in [0.2, 0.25) is 0 Å². The fourth-order valence-corrected chi connectivity index (χ4v) is 2.57. The number of carbonyl (C=O) groups is 3. The SMILES string of the molecule is C=CCNC(=O)CSc1nnc(CC2C(=O)N(C)C(=O)N=C2C)o1. The number of thioether (sulfide) groups is 1. The number of nitrogens with zero attached hydrogens (tertiary/aromatic N) is 4. The van der Waals surface area contributed by atoms with Crippen molar-refractivity contribution in [3.05, 3.63) is 18.5 Å². The summed E-state index contributed by atoms with van der Waals surface area (Å²) in [5.41, 5.74) is 0.416. The highest BCUT2D eigenvalue weighted by Crippen LogP contribution is 2.21. The molecule has 1 aliphatic rings. The summed E-state index contributed by atoms with van der Waals surface area (Å²) < 4.78 is 5.43. The molecule has 2 heterocycles. The molecule has 4 amide bonds. The lowest BCUT2D eigenvalue weighted by Crippen LogP contribution is -2.44. The molecule has 128 valence electrons. The van der Waals surface area contributed by atoms with Crippen molar-refractivity contribution >= 4 is 35.3 Å². The van der Waals surface area contributed by atoms with Gasteiger partial charge < -0.3 is 9.73 Å². The van der Waals surface area contributed by atoms with Gasteiger partial charge in [-0.1, -0.05) is 17.8 Å². The topological polar surface area (TPSA) is 118 Å². The molecule has 0 radical (unpaired) electrons. The van der Waals surface area contributed by atoms with Gasteiger partial charge in [-0.05, 0) is 6.92 Å². The fraction of sp³-hybridized carbons (Fsp3) is 0.429. The monoisotopic (exact) mass is 351 g/mol. The van der Waals surface area contributed by atoms with Crippen molar-refractivity contribution in [1.29, 1.82) is 0 Å². The predicted octanol–water partition coefficient (Wildman–Crippen LogP) is 0.675. The van der Waals surface area contributed by atoms with Crippen LogP contribution in [-0.2, 0) is 16.0 Å². The Morgan fingerprint density at radius 1 is 1.46 bits per heavy atom. The van der Waals surface area contributed by atoms with Crippen molar-refractivity contribution in [3.63, 3.8) is 0 Å². The third kappa shape index (κ3) is 4.28. The van der Waals surface area contributed by atoms with Crippen molar-refractivity contribution in [1.82, 2.24) is 20.4 Å². The maximum absolute atomic E-state index is 12.1. The van der Waals surface area contributed by atoms with Gasteiger partial charge in [-0.2, -0.15) is 0 Å². The molecule has 0 fully saturated rings. The zero-order valence-electron chi connectivity index (χ0n) is 13.3. The summed E-state index contributed by atoms with van der Waals surface area (Å²) in [6.45, 7) is 5.51. The number of carbonyl (C=O) groups excluding carboxylic acids is 3. The second-order valence-electron chi connectivity index (χ2n) is 5.03. The molecule has 1 aromatic heterocycles. The van der Waals surface area contributed by atoms with Crippen LogP contribution in [-0.4, -0.2) is 58.0 Å². The molecule has 0 spiro atoms. The lowest BCUT2D eigenvalue weighted by molar-refractivity contribution is -0.129. The largest absolute Gasteiger partial charge is 0.416 e. The number of amides is 4. The number of aromatic nitrogens is 2. The lowest BCUT2D eigenvalue weighted by Gasteiger charge is -2.24. The molecule has 24 heavy (non-hydrogen) atoms. The van der Waals surface area contributed by atoms with E-state index in [-0.39, 0.29) is 35.1 Å². The first-order chi connectivity index (χ1) is 11.4. The average molecular weight is 351 g/mol. The Bertz CT molecular complexity index is 699. The van der Waals surface area contributed by atoms with Gasteiger partial charge in [-0.25, -0.2) is 9.79 Å². The van der Waals surface area contributed by atoms with Gasteiger partial charge in [0.05, 0.1) is 11.7 Å². The average Bonchev–Trinajstić information content (AvgIpc) is 3.00. The van der Waals surface area contributed by atoms with Crippen molar-refractivity contribution in [3.8, 4) is 0 Å². The summed E-state index contributed by atoms with van der Waals surface area (Å²) in [6.07, 6.45) is 1.74.